The summed E-state index contributed by atoms with van der Waals surface area (Å²) >= 11 is 5.86. The molecule has 2 N–H and O–H groups in total. The van der Waals surface area contributed by atoms with E-state index in [1.807, 2.05) is 0 Å². The summed E-state index contributed by atoms with van der Waals surface area (Å²) in [5.74, 6) is -1.80. The van der Waals surface area contributed by atoms with Gasteiger partial charge in [-0.2, -0.15) is 0 Å². The van der Waals surface area contributed by atoms with Crippen molar-refractivity contribution in [1.29, 1.82) is 0 Å². The van der Waals surface area contributed by atoms with Crippen molar-refractivity contribution in [3.8, 4) is 0 Å². The van der Waals surface area contributed by atoms with Gasteiger partial charge in [-0.05, 0) is 30.2 Å². The second-order valence-electron chi connectivity index (χ2n) is 4.83. The number of halogens is 1. The lowest BCUT2D eigenvalue weighted by atomic mass is 10.0. The Balaban J connectivity index is 2.25. The van der Waals surface area contributed by atoms with Gasteiger partial charge in [0.25, 0.3) is 5.91 Å². The van der Waals surface area contributed by atoms with Crippen molar-refractivity contribution in [2.24, 2.45) is 5.92 Å². The molecule has 1 unspecified atom stereocenters. The minimum atomic E-state index is -1.08. The highest BCUT2D eigenvalue weighted by molar-refractivity contribution is 6.31. The Labute approximate surface area is 120 Å². The van der Waals surface area contributed by atoms with Crippen LogP contribution in [-0.2, 0) is 4.79 Å². The molecule has 1 heterocycles. The number of hydrogen-bond acceptors (Lipinski definition) is 3. The average molecular weight is 296 g/mol. The maximum atomic E-state index is 12.0. The molecule has 0 aliphatic rings. The van der Waals surface area contributed by atoms with Crippen molar-refractivity contribution in [2.45, 2.75) is 19.9 Å². The number of furan rings is 1. The van der Waals surface area contributed by atoms with Crippen LogP contribution in [0.25, 0.3) is 11.0 Å². The first kappa shape index (κ1) is 14.4. The van der Waals surface area contributed by atoms with Gasteiger partial charge in [0.1, 0.15) is 11.6 Å². The first-order valence-electron chi connectivity index (χ1n) is 6.11. The summed E-state index contributed by atoms with van der Waals surface area (Å²) in [6.45, 7) is 3.44. The third-order valence-corrected chi connectivity index (χ3v) is 3.16. The van der Waals surface area contributed by atoms with Gasteiger partial charge in [-0.1, -0.05) is 25.4 Å². The second-order valence-corrected chi connectivity index (χ2v) is 5.26. The molecule has 0 aliphatic carbocycles. The molecule has 106 valence electrons. The Kier molecular flexibility index (Phi) is 3.99. The van der Waals surface area contributed by atoms with Crippen molar-refractivity contribution in [3.63, 3.8) is 0 Å². The number of carbonyl (C=O) groups is 2. The van der Waals surface area contributed by atoms with Crippen molar-refractivity contribution < 1.29 is 19.1 Å². The van der Waals surface area contributed by atoms with Crippen molar-refractivity contribution in [3.05, 3.63) is 35.0 Å². The zero-order valence-electron chi connectivity index (χ0n) is 11.0. The number of rotatable bonds is 4. The smallest absolute Gasteiger partial charge is 0.326 e. The van der Waals surface area contributed by atoms with E-state index in [9.17, 15) is 9.59 Å². The molecule has 0 saturated heterocycles. The Bertz CT molecular complexity index is 662. The summed E-state index contributed by atoms with van der Waals surface area (Å²) in [7, 11) is 0. The minimum Gasteiger partial charge on any atom is -0.480 e. The highest BCUT2D eigenvalue weighted by Gasteiger charge is 2.25. The molecule has 0 spiro atoms. The molecule has 0 aliphatic heterocycles. The number of benzene rings is 1. The van der Waals surface area contributed by atoms with Crippen LogP contribution in [-0.4, -0.2) is 23.0 Å². The summed E-state index contributed by atoms with van der Waals surface area (Å²) in [4.78, 5) is 23.1. The van der Waals surface area contributed by atoms with Crippen LogP contribution in [0.1, 0.15) is 24.4 Å². The molecule has 0 saturated carbocycles. The fraction of sp³-hybridized carbons (Fsp3) is 0.286. The molecule has 2 aromatic rings. The van der Waals surface area contributed by atoms with Crippen LogP contribution >= 0.6 is 11.6 Å². The fourth-order valence-electron chi connectivity index (χ4n) is 1.85. The van der Waals surface area contributed by atoms with Gasteiger partial charge in [0.15, 0.2) is 5.76 Å². The van der Waals surface area contributed by atoms with Gasteiger partial charge in [0.05, 0.1) is 0 Å². The van der Waals surface area contributed by atoms with E-state index in [0.717, 1.165) is 0 Å². The van der Waals surface area contributed by atoms with E-state index >= 15 is 0 Å². The Morgan fingerprint density at radius 3 is 2.60 bits per heavy atom. The molecule has 0 radical (unpaired) electrons. The predicted octanol–water partition coefficient (Wildman–Crippen LogP) is 2.93. The van der Waals surface area contributed by atoms with E-state index in [0.29, 0.717) is 16.0 Å². The van der Waals surface area contributed by atoms with Crippen LogP contribution < -0.4 is 5.32 Å². The summed E-state index contributed by atoms with van der Waals surface area (Å²) < 4.78 is 5.38. The maximum Gasteiger partial charge on any atom is 0.326 e. The van der Waals surface area contributed by atoms with Crippen LogP contribution in [0.15, 0.2) is 28.7 Å². The third kappa shape index (κ3) is 2.93. The molecule has 2 rings (SSSR count). The molecule has 5 nitrogen and oxygen atoms in total. The Morgan fingerprint density at radius 2 is 2.00 bits per heavy atom. The molecule has 1 aromatic carbocycles. The van der Waals surface area contributed by atoms with Crippen LogP contribution in [0.2, 0.25) is 5.02 Å². The highest BCUT2D eigenvalue weighted by atomic mass is 35.5. The zero-order valence-corrected chi connectivity index (χ0v) is 11.8. The van der Waals surface area contributed by atoms with Crippen molar-refractivity contribution in [1.82, 2.24) is 5.32 Å². The van der Waals surface area contributed by atoms with Crippen LogP contribution in [0, 0.1) is 5.92 Å². The van der Waals surface area contributed by atoms with Gasteiger partial charge < -0.3 is 14.8 Å². The molecule has 1 amide bonds. The van der Waals surface area contributed by atoms with Crippen molar-refractivity contribution in [2.75, 3.05) is 0 Å². The van der Waals surface area contributed by atoms with E-state index in [1.165, 1.54) is 6.07 Å². The van der Waals surface area contributed by atoms with Crippen LogP contribution in [0.3, 0.4) is 0 Å². The number of fused-ring (bicyclic) bond motifs is 1. The van der Waals surface area contributed by atoms with Gasteiger partial charge >= 0.3 is 5.97 Å². The number of carboxylic acid groups (broad SMARTS) is 1. The van der Waals surface area contributed by atoms with E-state index in [2.05, 4.69) is 5.32 Å². The molecule has 1 aromatic heterocycles. The first-order valence-corrected chi connectivity index (χ1v) is 6.49. The van der Waals surface area contributed by atoms with Gasteiger partial charge in [-0.3, -0.25) is 4.79 Å². The van der Waals surface area contributed by atoms with E-state index in [4.69, 9.17) is 21.1 Å². The largest absolute Gasteiger partial charge is 0.480 e. The average Bonchev–Trinajstić information content (AvgIpc) is 2.77. The lowest BCUT2D eigenvalue weighted by molar-refractivity contribution is -0.140. The number of nitrogens with one attached hydrogen (secondary N) is 1. The summed E-state index contributed by atoms with van der Waals surface area (Å²) in [6.07, 6.45) is 0. The summed E-state index contributed by atoms with van der Waals surface area (Å²) in [5.41, 5.74) is 0.524. The summed E-state index contributed by atoms with van der Waals surface area (Å²) in [6, 6.07) is 5.57. The number of aliphatic carboxylic acids is 1. The van der Waals surface area contributed by atoms with Gasteiger partial charge in [0, 0.05) is 10.4 Å². The zero-order chi connectivity index (χ0) is 14.9. The Hall–Kier alpha value is -2.01. The molecule has 20 heavy (non-hydrogen) atoms. The van der Waals surface area contributed by atoms with E-state index < -0.39 is 17.9 Å². The molecular formula is C14H14ClNO4. The van der Waals surface area contributed by atoms with Gasteiger partial charge in [0.2, 0.25) is 0 Å². The van der Waals surface area contributed by atoms with E-state index in [1.54, 1.807) is 32.0 Å². The SMILES string of the molecule is CC(C)C(NC(=O)c1cc2cc(Cl)ccc2o1)C(=O)O. The van der Waals surface area contributed by atoms with E-state index in [-0.39, 0.29) is 11.7 Å². The highest BCUT2D eigenvalue weighted by Crippen LogP contribution is 2.23. The quantitative estimate of drug-likeness (QED) is 0.909. The number of hydrogen-bond donors (Lipinski definition) is 2. The second kappa shape index (κ2) is 5.54. The lowest BCUT2D eigenvalue weighted by Gasteiger charge is -2.16. The number of carboxylic acids is 1. The standard InChI is InChI=1S/C14H14ClNO4/c1-7(2)12(14(18)19)16-13(17)11-6-8-5-9(15)3-4-10(8)20-11/h3-7,12H,1-2H3,(H,16,17)(H,18,19). The predicted molar refractivity (Wildman–Crippen MR) is 75.0 cm³/mol. The number of carbonyl (C=O) groups excluding carboxylic acids is 1. The van der Waals surface area contributed by atoms with Gasteiger partial charge in [-0.15, -0.1) is 0 Å². The molecule has 1 atom stereocenters. The summed E-state index contributed by atoms with van der Waals surface area (Å²) in [5, 5.41) is 12.7. The number of amides is 1. The normalized spacial score (nSPS) is 12.6. The molecule has 0 fully saturated rings. The molecule has 0 bridgehead atoms. The molecular weight excluding hydrogens is 282 g/mol. The van der Waals surface area contributed by atoms with Crippen LogP contribution in [0.5, 0.6) is 0 Å². The monoisotopic (exact) mass is 295 g/mol. The lowest BCUT2D eigenvalue weighted by Crippen LogP contribution is -2.44. The minimum absolute atomic E-state index is 0.0640. The fourth-order valence-corrected chi connectivity index (χ4v) is 2.03. The van der Waals surface area contributed by atoms with Crippen molar-refractivity contribution >= 4 is 34.4 Å². The maximum absolute atomic E-state index is 12.0. The Morgan fingerprint density at radius 1 is 1.30 bits per heavy atom. The van der Waals surface area contributed by atoms with Crippen LogP contribution in [0.4, 0.5) is 0 Å². The first-order chi connectivity index (χ1) is 9.38. The third-order valence-electron chi connectivity index (χ3n) is 2.92. The molecule has 6 heteroatoms. The van der Waals surface area contributed by atoms with Gasteiger partial charge in [-0.25, -0.2) is 4.79 Å². The topological polar surface area (TPSA) is 79.5 Å².